The number of fused-ring (bicyclic) bond motifs is 1. The molecule has 1 N–H and O–H groups in total. The minimum atomic E-state index is -0.853. The topological polar surface area (TPSA) is 49.4 Å². The Balaban J connectivity index is 1.91. The Kier molecular flexibility index (Phi) is 6.22. The molecule has 27 heavy (non-hydrogen) atoms. The number of benzene rings is 2. The zero-order valence-corrected chi connectivity index (χ0v) is 16.7. The maximum absolute atomic E-state index is 13.3. The number of hydrogen-bond acceptors (Lipinski definition) is 3. The van der Waals surface area contributed by atoms with E-state index in [-0.39, 0.29) is 18.2 Å². The molecule has 0 saturated heterocycles. The van der Waals surface area contributed by atoms with Gasteiger partial charge in [0.15, 0.2) is 0 Å². The zero-order valence-electron chi connectivity index (χ0n) is 15.9. The van der Waals surface area contributed by atoms with Crippen molar-refractivity contribution in [1.29, 1.82) is 0 Å². The van der Waals surface area contributed by atoms with E-state index in [0.717, 1.165) is 28.3 Å². The number of rotatable bonds is 8. The van der Waals surface area contributed by atoms with Crippen LogP contribution in [0.5, 0.6) is 0 Å². The predicted molar refractivity (Wildman–Crippen MR) is 112 cm³/mol. The van der Waals surface area contributed by atoms with E-state index >= 15 is 0 Å². The van der Waals surface area contributed by atoms with Crippen molar-refractivity contribution in [3.8, 4) is 0 Å². The van der Waals surface area contributed by atoms with Crippen LogP contribution in [-0.4, -0.2) is 36.9 Å². The van der Waals surface area contributed by atoms with Crippen LogP contribution in [0.1, 0.15) is 24.5 Å². The monoisotopic (exact) mass is 382 g/mol. The molecule has 0 radical (unpaired) electrons. The Hall–Kier alpha value is -2.27. The molecule has 0 unspecified atom stereocenters. The van der Waals surface area contributed by atoms with E-state index in [1.165, 1.54) is 0 Å². The summed E-state index contributed by atoms with van der Waals surface area (Å²) in [4.78, 5) is 27.8. The lowest BCUT2D eigenvalue weighted by Crippen LogP contribution is -2.44. The standard InChI is InChI=1S/C22H26N2O2S/c1-3-27-14-13-23-20(25)16-22(15-17-9-5-4-6-10-17)18-11-7-8-12-19(18)24(2)21(22)26/h4-12H,3,13-16H2,1-2H3,(H,23,25)/t22-/m0/s1. The molecule has 0 aromatic heterocycles. The maximum Gasteiger partial charge on any atom is 0.238 e. The lowest BCUT2D eigenvalue weighted by Gasteiger charge is -2.28. The zero-order chi connectivity index (χ0) is 19.3. The van der Waals surface area contributed by atoms with Gasteiger partial charge in [-0.25, -0.2) is 0 Å². The molecule has 0 fully saturated rings. The summed E-state index contributed by atoms with van der Waals surface area (Å²) in [5.41, 5.74) is 2.05. The van der Waals surface area contributed by atoms with Gasteiger partial charge in [-0.2, -0.15) is 11.8 Å². The van der Waals surface area contributed by atoms with Crippen molar-refractivity contribution in [1.82, 2.24) is 5.32 Å². The van der Waals surface area contributed by atoms with E-state index in [1.807, 2.05) is 54.6 Å². The van der Waals surface area contributed by atoms with Crippen LogP contribution < -0.4 is 10.2 Å². The van der Waals surface area contributed by atoms with Crippen LogP contribution in [0.15, 0.2) is 54.6 Å². The molecule has 0 aliphatic carbocycles. The van der Waals surface area contributed by atoms with Crippen molar-refractivity contribution >= 4 is 29.3 Å². The fourth-order valence-corrected chi connectivity index (χ4v) is 4.34. The molecule has 1 aliphatic rings. The van der Waals surface area contributed by atoms with Gasteiger partial charge in [-0.3, -0.25) is 9.59 Å². The quantitative estimate of drug-likeness (QED) is 0.712. The minimum Gasteiger partial charge on any atom is -0.355 e. The highest BCUT2D eigenvalue weighted by Gasteiger charge is 2.50. The van der Waals surface area contributed by atoms with Crippen molar-refractivity contribution in [3.63, 3.8) is 0 Å². The molecule has 0 saturated carbocycles. The SMILES string of the molecule is CCSCCNC(=O)C[C@]1(Cc2ccccc2)C(=O)N(C)c2ccccc21. The fourth-order valence-electron chi connectivity index (χ4n) is 3.81. The van der Waals surface area contributed by atoms with Crippen LogP contribution in [0.2, 0.25) is 0 Å². The molecular weight excluding hydrogens is 356 g/mol. The summed E-state index contributed by atoms with van der Waals surface area (Å²) in [6, 6.07) is 17.8. The van der Waals surface area contributed by atoms with E-state index in [9.17, 15) is 9.59 Å². The molecule has 142 valence electrons. The van der Waals surface area contributed by atoms with Crippen molar-refractivity contribution < 1.29 is 9.59 Å². The smallest absolute Gasteiger partial charge is 0.238 e. The molecule has 3 rings (SSSR count). The van der Waals surface area contributed by atoms with Crippen LogP contribution in [0, 0.1) is 0 Å². The number of thioether (sulfide) groups is 1. The molecule has 5 heteroatoms. The first-order chi connectivity index (χ1) is 13.1. The lowest BCUT2D eigenvalue weighted by atomic mass is 9.73. The third-order valence-electron chi connectivity index (χ3n) is 5.08. The average molecular weight is 383 g/mol. The average Bonchev–Trinajstić information content (AvgIpc) is 2.89. The van der Waals surface area contributed by atoms with E-state index < -0.39 is 5.41 Å². The van der Waals surface area contributed by atoms with Gasteiger partial charge in [-0.1, -0.05) is 55.5 Å². The number of anilines is 1. The number of amides is 2. The number of likely N-dealkylation sites (N-methyl/N-ethyl adjacent to an activating group) is 1. The van der Waals surface area contributed by atoms with Crippen molar-refractivity contribution in [2.75, 3.05) is 30.0 Å². The molecule has 2 aromatic rings. The van der Waals surface area contributed by atoms with Crippen molar-refractivity contribution in [3.05, 3.63) is 65.7 Å². The Bertz CT molecular complexity index is 809. The number of nitrogens with one attached hydrogen (secondary N) is 1. The normalized spacial score (nSPS) is 18.4. The van der Waals surface area contributed by atoms with Gasteiger partial charge >= 0.3 is 0 Å². The molecule has 0 spiro atoms. The number of hydrogen-bond donors (Lipinski definition) is 1. The van der Waals surface area contributed by atoms with Gasteiger partial charge in [-0.05, 0) is 29.4 Å². The summed E-state index contributed by atoms with van der Waals surface area (Å²) in [7, 11) is 1.80. The third-order valence-corrected chi connectivity index (χ3v) is 5.98. The predicted octanol–water partition coefficient (Wildman–Crippen LogP) is 3.40. The number of para-hydroxylation sites is 1. The van der Waals surface area contributed by atoms with E-state index in [1.54, 1.807) is 23.7 Å². The molecule has 2 aromatic carbocycles. The number of carbonyl (C=O) groups excluding carboxylic acids is 2. The second-order valence-electron chi connectivity index (χ2n) is 6.85. The summed E-state index contributed by atoms with van der Waals surface area (Å²) >= 11 is 1.79. The van der Waals surface area contributed by atoms with Crippen LogP contribution >= 0.6 is 11.8 Å². The van der Waals surface area contributed by atoms with Crippen LogP contribution in [0.25, 0.3) is 0 Å². The van der Waals surface area contributed by atoms with E-state index in [2.05, 4.69) is 12.2 Å². The molecule has 0 bridgehead atoms. The Labute approximate surface area is 165 Å². The molecule has 1 heterocycles. The van der Waals surface area contributed by atoms with Crippen LogP contribution in [0.4, 0.5) is 5.69 Å². The first-order valence-corrected chi connectivity index (χ1v) is 10.5. The summed E-state index contributed by atoms with van der Waals surface area (Å²) in [6.07, 6.45) is 0.685. The Morgan fingerprint density at radius 2 is 1.81 bits per heavy atom. The summed E-state index contributed by atoms with van der Waals surface area (Å²) in [6.45, 7) is 2.73. The van der Waals surface area contributed by atoms with Crippen molar-refractivity contribution in [2.24, 2.45) is 0 Å². The van der Waals surface area contributed by atoms with Crippen molar-refractivity contribution in [2.45, 2.75) is 25.2 Å². The fraction of sp³-hybridized carbons (Fsp3) is 0.364. The van der Waals surface area contributed by atoms with Crippen LogP contribution in [0.3, 0.4) is 0 Å². The minimum absolute atomic E-state index is 0.00867. The summed E-state index contributed by atoms with van der Waals surface area (Å²) < 4.78 is 0. The first kappa shape index (κ1) is 19.5. The molecule has 4 nitrogen and oxygen atoms in total. The number of nitrogens with zero attached hydrogens (tertiary/aromatic N) is 1. The maximum atomic E-state index is 13.3. The second kappa shape index (κ2) is 8.61. The largest absolute Gasteiger partial charge is 0.355 e. The summed E-state index contributed by atoms with van der Waals surface area (Å²) in [5, 5.41) is 2.99. The highest BCUT2D eigenvalue weighted by molar-refractivity contribution is 7.99. The van der Waals surface area contributed by atoms with E-state index in [0.29, 0.717) is 13.0 Å². The van der Waals surface area contributed by atoms with Gasteiger partial charge in [0.1, 0.15) is 0 Å². The highest BCUT2D eigenvalue weighted by Crippen LogP contribution is 2.45. The van der Waals surface area contributed by atoms with Gasteiger partial charge in [0.2, 0.25) is 11.8 Å². The first-order valence-electron chi connectivity index (χ1n) is 9.34. The lowest BCUT2D eigenvalue weighted by molar-refractivity contribution is -0.129. The van der Waals surface area contributed by atoms with Gasteiger partial charge in [0.25, 0.3) is 0 Å². The molecule has 1 atom stereocenters. The Morgan fingerprint density at radius 1 is 1.11 bits per heavy atom. The van der Waals surface area contributed by atoms with Gasteiger partial charge < -0.3 is 10.2 Å². The highest BCUT2D eigenvalue weighted by atomic mass is 32.2. The van der Waals surface area contributed by atoms with Crippen LogP contribution in [-0.2, 0) is 21.4 Å². The van der Waals surface area contributed by atoms with Gasteiger partial charge in [0.05, 0.1) is 5.41 Å². The molecule has 1 aliphatic heterocycles. The van der Waals surface area contributed by atoms with E-state index in [4.69, 9.17) is 0 Å². The van der Waals surface area contributed by atoms with Gasteiger partial charge in [0, 0.05) is 31.5 Å². The Morgan fingerprint density at radius 3 is 2.56 bits per heavy atom. The third kappa shape index (κ3) is 4.03. The molecular formula is C22H26N2O2S. The summed E-state index contributed by atoms with van der Waals surface area (Å²) in [5.74, 6) is 1.84. The molecule has 2 amide bonds. The number of carbonyl (C=O) groups is 2. The second-order valence-corrected chi connectivity index (χ2v) is 8.24. The van der Waals surface area contributed by atoms with Gasteiger partial charge in [-0.15, -0.1) is 0 Å².